The molecule has 0 radical (unpaired) electrons. The Kier molecular flexibility index (Phi) is 3.20. The van der Waals surface area contributed by atoms with Gasteiger partial charge >= 0.3 is 0 Å². The number of nitrogens with zero attached hydrogens (tertiary/aromatic N) is 2. The molecule has 0 aliphatic heterocycles. The van der Waals surface area contributed by atoms with Gasteiger partial charge in [-0.25, -0.2) is 8.78 Å². The van der Waals surface area contributed by atoms with E-state index in [0.717, 1.165) is 17.1 Å². The van der Waals surface area contributed by atoms with Gasteiger partial charge in [-0.1, -0.05) is 18.2 Å². The van der Waals surface area contributed by atoms with E-state index in [-0.39, 0.29) is 12.8 Å². The molecule has 3 rings (SSSR count). The number of halogens is 2. The third kappa shape index (κ3) is 2.53. The molecule has 1 aromatic heterocycles. The molecular formula is C15H17F2N3. The number of para-hydroxylation sites is 1. The first-order valence-electron chi connectivity index (χ1n) is 6.75. The van der Waals surface area contributed by atoms with E-state index in [2.05, 4.69) is 10.4 Å². The van der Waals surface area contributed by atoms with Crippen molar-refractivity contribution in [3.63, 3.8) is 0 Å². The highest BCUT2D eigenvalue weighted by Gasteiger charge is 2.37. The number of rotatable bonds is 3. The molecule has 5 heteroatoms. The molecule has 0 spiro atoms. The molecule has 1 aromatic carbocycles. The Labute approximate surface area is 116 Å². The van der Waals surface area contributed by atoms with Crippen molar-refractivity contribution >= 4 is 5.69 Å². The average molecular weight is 277 g/mol. The molecule has 0 unspecified atom stereocenters. The fraction of sp³-hybridized carbons (Fsp3) is 0.400. The number of hydrogen-bond donors (Lipinski definition) is 1. The zero-order valence-electron chi connectivity index (χ0n) is 11.4. The number of aromatic nitrogens is 2. The molecule has 106 valence electrons. The van der Waals surface area contributed by atoms with E-state index in [9.17, 15) is 8.78 Å². The van der Waals surface area contributed by atoms with Crippen molar-refractivity contribution in [2.45, 2.75) is 31.7 Å². The van der Waals surface area contributed by atoms with E-state index in [4.69, 9.17) is 0 Å². The summed E-state index contributed by atoms with van der Waals surface area (Å²) in [5.74, 6) is -2.60. The van der Waals surface area contributed by atoms with Crippen LogP contribution in [0.1, 0.15) is 23.4 Å². The van der Waals surface area contributed by atoms with Crippen LogP contribution in [0.5, 0.6) is 0 Å². The molecule has 3 nitrogen and oxygen atoms in total. The molecule has 0 saturated carbocycles. The Hall–Kier alpha value is -1.91. The van der Waals surface area contributed by atoms with Crippen molar-refractivity contribution in [1.82, 2.24) is 9.78 Å². The van der Waals surface area contributed by atoms with Gasteiger partial charge in [0, 0.05) is 36.8 Å². The van der Waals surface area contributed by atoms with Crippen LogP contribution in [0.15, 0.2) is 30.3 Å². The predicted molar refractivity (Wildman–Crippen MR) is 73.9 cm³/mol. The smallest absolute Gasteiger partial charge is 0.252 e. The largest absolute Gasteiger partial charge is 0.379 e. The molecule has 1 N–H and O–H groups in total. The first-order valence-corrected chi connectivity index (χ1v) is 6.75. The number of fused-ring (bicyclic) bond motifs is 1. The van der Waals surface area contributed by atoms with Crippen molar-refractivity contribution < 1.29 is 8.78 Å². The lowest BCUT2D eigenvalue weighted by molar-refractivity contribution is -0.0129. The molecule has 0 fully saturated rings. The van der Waals surface area contributed by atoms with Gasteiger partial charge in [-0.2, -0.15) is 5.10 Å². The van der Waals surface area contributed by atoms with Gasteiger partial charge in [-0.15, -0.1) is 0 Å². The Morgan fingerprint density at radius 1 is 1.30 bits per heavy atom. The fourth-order valence-corrected chi connectivity index (χ4v) is 2.71. The van der Waals surface area contributed by atoms with Gasteiger partial charge in [0.25, 0.3) is 5.92 Å². The van der Waals surface area contributed by atoms with Crippen LogP contribution in [0, 0.1) is 0 Å². The second-order valence-electron chi connectivity index (χ2n) is 5.25. The third-order valence-corrected chi connectivity index (χ3v) is 3.75. The lowest BCUT2D eigenvalue weighted by atomic mass is 9.92. The number of nitrogens with one attached hydrogen (secondary N) is 1. The van der Waals surface area contributed by atoms with Crippen LogP contribution >= 0.6 is 0 Å². The first-order chi connectivity index (χ1) is 9.55. The van der Waals surface area contributed by atoms with E-state index >= 15 is 0 Å². The SMILES string of the molecule is Cn1nc(CNc2ccccc2)c2c1CCC(F)(F)C2. The number of benzene rings is 1. The van der Waals surface area contributed by atoms with Crippen LogP contribution in [-0.2, 0) is 26.4 Å². The molecular weight excluding hydrogens is 260 g/mol. The molecule has 1 aliphatic rings. The molecule has 1 aliphatic carbocycles. The van der Waals surface area contributed by atoms with E-state index in [1.165, 1.54) is 0 Å². The Balaban J connectivity index is 1.81. The fourth-order valence-electron chi connectivity index (χ4n) is 2.71. The summed E-state index contributed by atoms with van der Waals surface area (Å²) in [6, 6.07) is 9.71. The molecule has 2 aromatic rings. The minimum absolute atomic E-state index is 0.0783. The van der Waals surface area contributed by atoms with Gasteiger partial charge in [0.1, 0.15) is 0 Å². The van der Waals surface area contributed by atoms with Crippen LogP contribution in [0.25, 0.3) is 0 Å². The summed E-state index contributed by atoms with van der Waals surface area (Å²) < 4.78 is 28.9. The van der Waals surface area contributed by atoms with Gasteiger partial charge in [0.2, 0.25) is 0 Å². The molecule has 1 heterocycles. The molecule has 0 saturated heterocycles. The third-order valence-electron chi connectivity index (χ3n) is 3.75. The van der Waals surface area contributed by atoms with Crippen LogP contribution in [0.4, 0.5) is 14.5 Å². The van der Waals surface area contributed by atoms with Crippen molar-refractivity contribution in [3.8, 4) is 0 Å². The Bertz CT molecular complexity index is 605. The maximum absolute atomic E-state index is 13.6. The van der Waals surface area contributed by atoms with Gasteiger partial charge in [-0.05, 0) is 18.6 Å². The quantitative estimate of drug-likeness (QED) is 0.934. The standard InChI is InChI=1S/C15H17F2N3/c1-20-14-7-8-15(16,17)9-12(14)13(19-20)10-18-11-5-3-2-4-6-11/h2-6,18H,7-10H2,1H3. The van der Waals surface area contributed by atoms with Crippen LogP contribution in [0.2, 0.25) is 0 Å². The summed E-state index contributed by atoms with van der Waals surface area (Å²) in [6.07, 6.45) is 0.129. The summed E-state index contributed by atoms with van der Waals surface area (Å²) in [5.41, 5.74) is 3.35. The van der Waals surface area contributed by atoms with Gasteiger partial charge < -0.3 is 5.32 Å². The van der Waals surface area contributed by atoms with Crippen molar-refractivity contribution in [2.75, 3.05) is 5.32 Å². The van der Waals surface area contributed by atoms with Gasteiger partial charge in [0.15, 0.2) is 0 Å². The van der Waals surface area contributed by atoms with Crippen molar-refractivity contribution in [1.29, 1.82) is 0 Å². The zero-order chi connectivity index (χ0) is 14.2. The molecule has 0 bridgehead atoms. The van der Waals surface area contributed by atoms with E-state index < -0.39 is 5.92 Å². The molecule has 0 amide bonds. The summed E-state index contributed by atoms with van der Waals surface area (Å²) in [6.45, 7) is 0.475. The zero-order valence-corrected chi connectivity index (χ0v) is 11.4. The summed E-state index contributed by atoms with van der Waals surface area (Å²) >= 11 is 0. The summed E-state index contributed by atoms with van der Waals surface area (Å²) in [7, 11) is 1.83. The van der Waals surface area contributed by atoms with Crippen molar-refractivity contribution in [2.24, 2.45) is 7.05 Å². The highest BCUT2D eigenvalue weighted by Crippen LogP contribution is 2.34. The lowest BCUT2D eigenvalue weighted by Gasteiger charge is -2.22. The molecule has 20 heavy (non-hydrogen) atoms. The topological polar surface area (TPSA) is 29.9 Å². The Morgan fingerprint density at radius 3 is 2.80 bits per heavy atom. The Morgan fingerprint density at radius 2 is 2.05 bits per heavy atom. The summed E-state index contributed by atoms with van der Waals surface area (Å²) in [4.78, 5) is 0. The number of alkyl halides is 2. The number of anilines is 1. The maximum Gasteiger partial charge on any atom is 0.252 e. The van der Waals surface area contributed by atoms with Crippen LogP contribution in [-0.4, -0.2) is 15.7 Å². The van der Waals surface area contributed by atoms with Crippen LogP contribution in [0.3, 0.4) is 0 Å². The van der Waals surface area contributed by atoms with E-state index in [1.807, 2.05) is 37.4 Å². The maximum atomic E-state index is 13.6. The monoisotopic (exact) mass is 277 g/mol. The number of aryl methyl sites for hydroxylation is 1. The average Bonchev–Trinajstić information content (AvgIpc) is 2.72. The lowest BCUT2D eigenvalue weighted by Crippen LogP contribution is -2.27. The minimum Gasteiger partial charge on any atom is -0.379 e. The second kappa shape index (κ2) is 4.89. The highest BCUT2D eigenvalue weighted by atomic mass is 19.3. The first kappa shape index (κ1) is 13.1. The van der Waals surface area contributed by atoms with E-state index in [0.29, 0.717) is 18.5 Å². The summed E-state index contributed by atoms with van der Waals surface area (Å²) in [5, 5.41) is 7.62. The predicted octanol–water partition coefficient (Wildman–Crippen LogP) is 3.16. The highest BCUT2D eigenvalue weighted by molar-refractivity contribution is 5.43. The normalized spacial score (nSPS) is 16.8. The van der Waals surface area contributed by atoms with Gasteiger partial charge in [-0.3, -0.25) is 4.68 Å². The number of hydrogen-bond acceptors (Lipinski definition) is 2. The van der Waals surface area contributed by atoms with Crippen molar-refractivity contribution in [3.05, 3.63) is 47.3 Å². The second-order valence-corrected chi connectivity index (χ2v) is 5.25. The molecule has 0 atom stereocenters. The minimum atomic E-state index is -2.60. The van der Waals surface area contributed by atoms with E-state index in [1.54, 1.807) is 4.68 Å². The van der Waals surface area contributed by atoms with Crippen LogP contribution < -0.4 is 5.32 Å². The van der Waals surface area contributed by atoms with Gasteiger partial charge in [0.05, 0.1) is 12.2 Å².